The number of nitrogens with two attached hydrogens (primary N) is 1. The van der Waals surface area contributed by atoms with Gasteiger partial charge in [-0.05, 0) is 36.6 Å². The molecule has 1 saturated heterocycles. The maximum absolute atomic E-state index is 5.92. The van der Waals surface area contributed by atoms with Gasteiger partial charge in [0.15, 0.2) is 0 Å². The lowest BCUT2D eigenvalue weighted by molar-refractivity contribution is -0.187. The van der Waals surface area contributed by atoms with Gasteiger partial charge in [0.2, 0.25) is 0 Å². The molecule has 1 aliphatic rings. The van der Waals surface area contributed by atoms with E-state index in [0.29, 0.717) is 6.54 Å². The zero-order valence-electron chi connectivity index (χ0n) is 8.58. The summed E-state index contributed by atoms with van der Waals surface area (Å²) in [6.07, 6.45) is 2.32. The van der Waals surface area contributed by atoms with Crippen LogP contribution in [0.4, 0.5) is 5.69 Å². The highest BCUT2D eigenvalue weighted by Crippen LogP contribution is 2.20. The maximum atomic E-state index is 5.92. The van der Waals surface area contributed by atoms with E-state index < -0.39 is 0 Å². The van der Waals surface area contributed by atoms with Crippen LogP contribution >= 0.6 is 11.6 Å². The van der Waals surface area contributed by atoms with Crippen LogP contribution in [0.1, 0.15) is 18.4 Å². The van der Waals surface area contributed by atoms with Crippen molar-refractivity contribution < 1.29 is 4.84 Å². The first-order valence-corrected chi connectivity index (χ1v) is 5.55. The van der Waals surface area contributed by atoms with Gasteiger partial charge in [0, 0.05) is 17.3 Å². The molecule has 0 aliphatic carbocycles. The summed E-state index contributed by atoms with van der Waals surface area (Å²) in [5.74, 6) is 0. The monoisotopic (exact) mass is 226 g/mol. The minimum Gasteiger partial charge on any atom is -0.398 e. The Morgan fingerprint density at radius 3 is 3.00 bits per heavy atom. The zero-order chi connectivity index (χ0) is 10.7. The molecule has 0 amide bonds. The molecule has 15 heavy (non-hydrogen) atoms. The highest BCUT2D eigenvalue weighted by atomic mass is 35.5. The Balaban J connectivity index is 2.05. The Morgan fingerprint density at radius 1 is 1.40 bits per heavy atom. The predicted molar refractivity (Wildman–Crippen MR) is 61.5 cm³/mol. The fourth-order valence-corrected chi connectivity index (χ4v) is 1.87. The summed E-state index contributed by atoms with van der Waals surface area (Å²) >= 11 is 5.92. The molecule has 1 aromatic rings. The Morgan fingerprint density at radius 2 is 2.27 bits per heavy atom. The molecular formula is C11H15ClN2O. The van der Waals surface area contributed by atoms with Crippen LogP contribution in [-0.2, 0) is 11.4 Å². The van der Waals surface area contributed by atoms with E-state index in [2.05, 4.69) is 0 Å². The molecule has 1 aliphatic heterocycles. The third kappa shape index (κ3) is 2.84. The zero-order valence-corrected chi connectivity index (χ0v) is 9.33. The molecular weight excluding hydrogens is 212 g/mol. The Bertz CT molecular complexity index is 337. The van der Waals surface area contributed by atoms with Crippen molar-refractivity contribution in [3.05, 3.63) is 28.8 Å². The fourth-order valence-electron chi connectivity index (χ4n) is 1.67. The molecule has 0 bridgehead atoms. The molecule has 0 atom stereocenters. The maximum Gasteiger partial charge on any atom is 0.0685 e. The summed E-state index contributed by atoms with van der Waals surface area (Å²) in [5, 5.41) is 2.67. The van der Waals surface area contributed by atoms with E-state index in [4.69, 9.17) is 22.2 Å². The first kappa shape index (κ1) is 10.7. The number of nitrogen functional groups attached to an aromatic ring is 1. The van der Waals surface area contributed by atoms with Gasteiger partial charge in [0.1, 0.15) is 0 Å². The molecule has 0 spiro atoms. The van der Waals surface area contributed by atoms with Crippen molar-refractivity contribution >= 4 is 17.3 Å². The van der Waals surface area contributed by atoms with Crippen LogP contribution < -0.4 is 5.73 Å². The number of hydroxylamine groups is 2. The van der Waals surface area contributed by atoms with Crippen molar-refractivity contribution in [1.82, 2.24) is 5.06 Å². The molecule has 0 radical (unpaired) electrons. The minimum atomic E-state index is 0.715. The van der Waals surface area contributed by atoms with E-state index in [1.807, 2.05) is 17.2 Å². The SMILES string of the molecule is Nc1ccc(Cl)cc1CN1CCCCO1. The smallest absolute Gasteiger partial charge is 0.0685 e. The van der Waals surface area contributed by atoms with Crippen molar-refractivity contribution in [3.63, 3.8) is 0 Å². The quantitative estimate of drug-likeness (QED) is 0.788. The number of benzene rings is 1. The molecule has 2 rings (SSSR count). The lowest BCUT2D eigenvalue weighted by atomic mass is 10.1. The normalized spacial score (nSPS) is 17.9. The van der Waals surface area contributed by atoms with E-state index in [1.54, 1.807) is 6.07 Å². The van der Waals surface area contributed by atoms with Crippen LogP contribution in [0.25, 0.3) is 0 Å². The molecule has 3 nitrogen and oxygen atoms in total. The van der Waals surface area contributed by atoms with E-state index in [1.165, 1.54) is 6.42 Å². The average Bonchev–Trinajstić information content (AvgIpc) is 2.25. The van der Waals surface area contributed by atoms with Crippen molar-refractivity contribution in [1.29, 1.82) is 0 Å². The van der Waals surface area contributed by atoms with Crippen LogP contribution in [-0.4, -0.2) is 18.2 Å². The van der Waals surface area contributed by atoms with Gasteiger partial charge in [-0.2, -0.15) is 5.06 Å². The number of hydrogen-bond donors (Lipinski definition) is 1. The van der Waals surface area contributed by atoms with Gasteiger partial charge < -0.3 is 5.73 Å². The number of anilines is 1. The summed E-state index contributed by atoms with van der Waals surface area (Å²) in [6.45, 7) is 2.48. The summed E-state index contributed by atoms with van der Waals surface area (Å²) in [5.41, 5.74) is 7.67. The van der Waals surface area contributed by atoms with Gasteiger partial charge in [-0.25, -0.2) is 0 Å². The Labute approximate surface area is 94.7 Å². The molecule has 82 valence electrons. The predicted octanol–water partition coefficient (Wildman–Crippen LogP) is 2.45. The summed E-state index contributed by atoms with van der Waals surface area (Å²) in [6, 6.07) is 5.54. The van der Waals surface area contributed by atoms with E-state index in [9.17, 15) is 0 Å². The Kier molecular flexibility index (Phi) is 3.46. The largest absolute Gasteiger partial charge is 0.398 e. The summed E-state index contributed by atoms with van der Waals surface area (Å²) in [4.78, 5) is 5.51. The molecule has 0 saturated carbocycles. The van der Waals surface area contributed by atoms with Crippen LogP contribution in [0.3, 0.4) is 0 Å². The van der Waals surface area contributed by atoms with Crippen LogP contribution in [0.2, 0.25) is 5.02 Å². The van der Waals surface area contributed by atoms with Gasteiger partial charge in [0.05, 0.1) is 13.2 Å². The van der Waals surface area contributed by atoms with E-state index in [-0.39, 0.29) is 0 Å². The topological polar surface area (TPSA) is 38.5 Å². The second-order valence-electron chi connectivity index (χ2n) is 3.75. The molecule has 0 aromatic heterocycles. The van der Waals surface area contributed by atoms with Crippen molar-refractivity contribution in [2.45, 2.75) is 19.4 Å². The average molecular weight is 227 g/mol. The first-order chi connectivity index (χ1) is 7.25. The second-order valence-corrected chi connectivity index (χ2v) is 4.18. The van der Waals surface area contributed by atoms with Crippen molar-refractivity contribution in [3.8, 4) is 0 Å². The second kappa shape index (κ2) is 4.84. The van der Waals surface area contributed by atoms with E-state index in [0.717, 1.165) is 35.8 Å². The summed E-state index contributed by atoms with van der Waals surface area (Å²) < 4.78 is 0. The first-order valence-electron chi connectivity index (χ1n) is 5.17. The van der Waals surface area contributed by atoms with Crippen LogP contribution in [0, 0.1) is 0 Å². The highest BCUT2D eigenvalue weighted by molar-refractivity contribution is 6.30. The van der Waals surface area contributed by atoms with E-state index >= 15 is 0 Å². The molecule has 1 fully saturated rings. The van der Waals surface area contributed by atoms with Gasteiger partial charge in [0.25, 0.3) is 0 Å². The molecule has 1 aromatic carbocycles. The highest BCUT2D eigenvalue weighted by Gasteiger charge is 2.12. The number of nitrogens with zero attached hydrogens (tertiary/aromatic N) is 1. The standard InChI is InChI=1S/C11H15ClN2O/c12-10-3-4-11(13)9(7-10)8-14-5-1-2-6-15-14/h3-4,7H,1-2,5-6,8,13H2. The molecule has 0 unspecified atom stereocenters. The fraction of sp³-hybridized carbons (Fsp3) is 0.455. The molecule has 2 N–H and O–H groups in total. The van der Waals surface area contributed by atoms with Gasteiger partial charge >= 0.3 is 0 Å². The van der Waals surface area contributed by atoms with Gasteiger partial charge in [-0.1, -0.05) is 11.6 Å². The molecule has 4 heteroatoms. The lowest BCUT2D eigenvalue weighted by Crippen LogP contribution is -2.29. The van der Waals surface area contributed by atoms with Gasteiger partial charge in [-0.15, -0.1) is 0 Å². The van der Waals surface area contributed by atoms with Crippen molar-refractivity contribution in [2.24, 2.45) is 0 Å². The number of hydrogen-bond acceptors (Lipinski definition) is 3. The van der Waals surface area contributed by atoms with Crippen molar-refractivity contribution in [2.75, 3.05) is 18.9 Å². The summed E-state index contributed by atoms with van der Waals surface area (Å²) in [7, 11) is 0. The van der Waals surface area contributed by atoms with Crippen LogP contribution in [0.5, 0.6) is 0 Å². The number of rotatable bonds is 2. The van der Waals surface area contributed by atoms with Crippen LogP contribution in [0.15, 0.2) is 18.2 Å². The third-order valence-corrected chi connectivity index (χ3v) is 2.76. The number of halogens is 1. The Hall–Kier alpha value is -0.770. The lowest BCUT2D eigenvalue weighted by Gasteiger charge is -2.26. The van der Waals surface area contributed by atoms with Gasteiger partial charge in [-0.3, -0.25) is 4.84 Å². The minimum absolute atomic E-state index is 0.715. The third-order valence-electron chi connectivity index (χ3n) is 2.53. The molecule has 1 heterocycles.